The van der Waals surface area contributed by atoms with Crippen LogP contribution in [-0.4, -0.2) is 58.6 Å². The van der Waals surface area contributed by atoms with Crippen LogP contribution in [0.4, 0.5) is 4.79 Å². The van der Waals surface area contributed by atoms with E-state index in [0.29, 0.717) is 6.29 Å². The molecule has 0 aliphatic carbocycles. The van der Waals surface area contributed by atoms with Crippen LogP contribution in [0.15, 0.2) is 12.1 Å². The predicted molar refractivity (Wildman–Crippen MR) is 108 cm³/mol. The molecule has 1 unspecified atom stereocenters. The normalized spacial score (nSPS) is 17.9. The smallest absolute Gasteiger partial charge is 0.407 e. The van der Waals surface area contributed by atoms with Gasteiger partial charge in [-0.1, -0.05) is 6.42 Å². The van der Waals surface area contributed by atoms with Crippen LogP contribution >= 0.6 is 0 Å². The SMILES string of the molecule is CC(C)(C)NC(=O)OC1CCCN(CCCCCc2ccc(O)c(C=O)n2)C1. The maximum Gasteiger partial charge on any atom is 0.407 e. The number of carbonyl (C=O) groups excluding carboxylic acids is 2. The Morgan fingerprint density at radius 3 is 2.86 bits per heavy atom. The summed E-state index contributed by atoms with van der Waals surface area (Å²) < 4.78 is 5.57. The van der Waals surface area contributed by atoms with Crippen molar-refractivity contribution in [2.75, 3.05) is 19.6 Å². The van der Waals surface area contributed by atoms with E-state index in [0.717, 1.165) is 63.9 Å². The van der Waals surface area contributed by atoms with Crippen LogP contribution in [0.5, 0.6) is 5.75 Å². The van der Waals surface area contributed by atoms with Gasteiger partial charge in [-0.05, 0) is 78.1 Å². The second kappa shape index (κ2) is 10.4. The Labute approximate surface area is 167 Å². The number of aryl methyl sites for hydroxylation is 1. The average Bonchev–Trinajstić information content (AvgIpc) is 2.61. The summed E-state index contributed by atoms with van der Waals surface area (Å²) in [5.41, 5.74) is 0.646. The summed E-state index contributed by atoms with van der Waals surface area (Å²) in [5.74, 6) is -0.0724. The predicted octanol–water partition coefficient (Wildman–Crippen LogP) is 3.30. The summed E-state index contributed by atoms with van der Waals surface area (Å²) in [6, 6.07) is 3.29. The maximum absolute atomic E-state index is 11.9. The number of aldehydes is 1. The molecule has 0 bridgehead atoms. The molecule has 2 N–H and O–H groups in total. The maximum atomic E-state index is 11.9. The van der Waals surface area contributed by atoms with Crippen molar-refractivity contribution in [3.05, 3.63) is 23.5 Å². The first-order chi connectivity index (χ1) is 13.3. The van der Waals surface area contributed by atoms with Gasteiger partial charge in [0.1, 0.15) is 17.5 Å². The van der Waals surface area contributed by atoms with E-state index >= 15 is 0 Å². The van der Waals surface area contributed by atoms with Crippen LogP contribution in [0.25, 0.3) is 0 Å². The molecule has 0 radical (unpaired) electrons. The largest absolute Gasteiger partial charge is 0.506 e. The number of ether oxygens (including phenoxy) is 1. The average molecular weight is 392 g/mol. The number of nitrogens with one attached hydrogen (secondary N) is 1. The molecule has 1 atom stereocenters. The van der Waals surface area contributed by atoms with Gasteiger partial charge in [0.05, 0.1) is 0 Å². The Bertz CT molecular complexity index is 658. The van der Waals surface area contributed by atoms with Crippen molar-refractivity contribution in [1.29, 1.82) is 0 Å². The van der Waals surface area contributed by atoms with Gasteiger partial charge in [-0.2, -0.15) is 0 Å². The molecule has 2 heterocycles. The van der Waals surface area contributed by atoms with Crippen molar-refractivity contribution in [3.8, 4) is 5.75 Å². The van der Waals surface area contributed by atoms with E-state index in [1.54, 1.807) is 6.07 Å². The van der Waals surface area contributed by atoms with Gasteiger partial charge in [-0.15, -0.1) is 0 Å². The molecule has 1 aromatic rings. The van der Waals surface area contributed by atoms with Gasteiger partial charge in [-0.25, -0.2) is 9.78 Å². The molecular formula is C21H33N3O4. The van der Waals surface area contributed by atoms with E-state index < -0.39 is 0 Å². The highest BCUT2D eigenvalue weighted by Gasteiger charge is 2.24. The number of rotatable bonds is 8. The molecule has 156 valence electrons. The lowest BCUT2D eigenvalue weighted by Gasteiger charge is -2.33. The molecule has 7 nitrogen and oxygen atoms in total. The zero-order valence-electron chi connectivity index (χ0n) is 17.2. The summed E-state index contributed by atoms with van der Waals surface area (Å²) in [6.45, 7) is 8.64. The number of nitrogens with zero attached hydrogens (tertiary/aromatic N) is 2. The van der Waals surface area contributed by atoms with Gasteiger partial charge in [0.2, 0.25) is 0 Å². The van der Waals surface area contributed by atoms with E-state index in [1.165, 1.54) is 6.07 Å². The second-order valence-corrected chi connectivity index (χ2v) is 8.48. The number of likely N-dealkylation sites (tertiary alicyclic amines) is 1. The Hall–Kier alpha value is -2.15. The van der Waals surface area contributed by atoms with Crippen LogP contribution in [0.2, 0.25) is 0 Å². The molecule has 1 aliphatic heterocycles. The molecule has 1 saturated heterocycles. The summed E-state index contributed by atoms with van der Waals surface area (Å²) >= 11 is 0. The van der Waals surface area contributed by atoms with Gasteiger partial charge in [0, 0.05) is 17.8 Å². The van der Waals surface area contributed by atoms with E-state index in [-0.39, 0.29) is 29.2 Å². The van der Waals surface area contributed by atoms with Gasteiger partial charge < -0.3 is 15.2 Å². The van der Waals surface area contributed by atoms with E-state index in [1.807, 2.05) is 20.8 Å². The summed E-state index contributed by atoms with van der Waals surface area (Å²) in [7, 11) is 0. The number of pyridine rings is 1. The minimum absolute atomic E-state index is 0.0425. The highest BCUT2D eigenvalue weighted by Crippen LogP contribution is 2.16. The fourth-order valence-corrected chi connectivity index (χ4v) is 3.35. The lowest BCUT2D eigenvalue weighted by atomic mass is 10.1. The zero-order valence-corrected chi connectivity index (χ0v) is 17.2. The second-order valence-electron chi connectivity index (χ2n) is 8.48. The number of hydrogen-bond acceptors (Lipinski definition) is 6. The molecule has 0 saturated carbocycles. The van der Waals surface area contributed by atoms with Crippen molar-refractivity contribution in [2.45, 2.75) is 70.9 Å². The highest BCUT2D eigenvalue weighted by atomic mass is 16.6. The highest BCUT2D eigenvalue weighted by molar-refractivity contribution is 5.75. The zero-order chi connectivity index (χ0) is 20.6. The quantitative estimate of drug-likeness (QED) is 0.522. The van der Waals surface area contributed by atoms with Crippen molar-refractivity contribution in [3.63, 3.8) is 0 Å². The third-order valence-corrected chi connectivity index (χ3v) is 4.69. The van der Waals surface area contributed by atoms with Gasteiger partial charge in [0.25, 0.3) is 0 Å². The third-order valence-electron chi connectivity index (χ3n) is 4.69. The lowest BCUT2D eigenvalue weighted by Crippen LogP contribution is -2.46. The molecule has 1 aliphatic rings. The molecule has 28 heavy (non-hydrogen) atoms. The van der Waals surface area contributed by atoms with E-state index in [2.05, 4.69) is 15.2 Å². The number of amides is 1. The Balaban J connectivity index is 1.65. The molecule has 2 rings (SSSR count). The first kappa shape index (κ1) is 22.1. The van der Waals surface area contributed by atoms with Crippen molar-refractivity contribution in [1.82, 2.24) is 15.2 Å². The van der Waals surface area contributed by atoms with Crippen molar-refractivity contribution in [2.24, 2.45) is 0 Å². The van der Waals surface area contributed by atoms with Gasteiger partial charge >= 0.3 is 6.09 Å². The van der Waals surface area contributed by atoms with Gasteiger partial charge in [-0.3, -0.25) is 9.69 Å². The first-order valence-corrected chi connectivity index (χ1v) is 10.1. The van der Waals surface area contributed by atoms with Crippen LogP contribution in [-0.2, 0) is 11.2 Å². The van der Waals surface area contributed by atoms with Gasteiger partial charge in [0.15, 0.2) is 6.29 Å². The number of aromatic hydroxyl groups is 1. The summed E-state index contributed by atoms with van der Waals surface area (Å²) in [4.78, 5) is 29.3. The third kappa shape index (κ3) is 7.84. The number of unbranched alkanes of at least 4 members (excludes halogenated alkanes) is 2. The van der Waals surface area contributed by atoms with E-state index in [4.69, 9.17) is 4.74 Å². The minimum Gasteiger partial charge on any atom is -0.506 e. The number of carbonyl (C=O) groups is 2. The number of piperidine rings is 1. The molecule has 0 aromatic carbocycles. The monoisotopic (exact) mass is 391 g/mol. The fourth-order valence-electron chi connectivity index (χ4n) is 3.35. The molecular weight excluding hydrogens is 358 g/mol. The van der Waals surface area contributed by atoms with Crippen LogP contribution in [0.3, 0.4) is 0 Å². The first-order valence-electron chi connectivity index (χ1n) is 10.1. The molecule has 1 aromatic heterocycles. The topological polar surface area (TPSA) is 91.8 Å². The fraction of sp³-hybridized carbons (Fsp3) is 0.667. The van der Waals surface area contributed by atoms with E-state index in [9.17, 15) is 14.7 Å². The van der Waals surface area contributed by atoms with Crippen molar-refractivity contribution >= 4 is 12.4 Å². The van der Waals surface area contributed by atoms with Crippen LogP contribution in [0.1, 0.15) is 69.1 Å². The Morgan fingerprint density at radius 2 is 2.14 bits per heavy atom. The van der Waals surface area contributed by atoms with Crippen molar-refractivity contribution < 1.29 is 19.4 Å². The number of alkyl carbamates (subject to hydrolysis) is 1. The molecule has 0 spiro atoms. The molecule has 1 amide bonds. The standard InChI is InChI=1S/C21H33N3O4/c1-21(2,3)23-20(27)28-17-9-7-13-24(14-17)12-6-4-5-8-16-10-11-19(26)18(15-25)22-16/h10-11,15,17,26H,4-9,12-14H2,1-3H3,(H,23,27). The summed E-state index contributed by atoms with van der Waals surface area (Å²) in [6.07, 6.45) is 6.06. The molecule has 7 heteroatoms. The van der Waals surface area contributed by atoms with Crippen LogP contribution < -0.4 is 5.32 Å². The molecule has 1 fully saturated rings. The minimum atomic E-state index is -0.338. The Kier molecular flexibility index (Phi) is 8.23. The lowest BCUT2D eigenvalue weighted by molar-refractivity contribution is 0.0385. The number of hydrogen-bond donors (Lipinski definition) is 2. The number of aromatic nitrogens is 1. The van der Waals surface area contributed by atoms with Crippen LogP contribution in [0, 0.1) is 0 Å². The Morgan fingerprint density at radius 1 is 1.36 bits per heavy atom. The summed E-state index contributed by atoms with van der Waals surface area (Å²) in [5, 5.41) is 12.3.